The van der Waals surface area contributed by atoms with Gasteiger partial charge in [0, 0.05) is 13.2 Å². The Morgan fingerprint density at radius 3 is 2.80 bits per heavy atom. The lowest BCUT2D eigenvalue weighted by Crippen LogP contribution is -2.25. The molecule has 1 aromatic rings. The second-order valence-corrected chi connectivity index (χ2v) is 3.32. The summed E-state index contributed by atoms with van der Waals surface area (Å²) >= 11 is 5.53. The first-order chi connectivity index (χ1) is 7.24. The maximum Gasteiger partial charge on any atom is 0.271 e. The minimum absolute atomic E-state index is 0.136. The van der Waals surface area contributed by atoms with Crippen LogP contribution in [0, 0.1) is 0 Å². The number of aromatic nitrogens is 2. The van der Waals surface area contributed by atoms with Crippen LogP contribution in [0.1, 0.15) is 23.3 Å². The van der Waals surface area contributed by atoms with Gasteiger partial charge in [0.25, 0.3) is 5.91 Å². The molecule has 1 aromatic heterocycles. The van der Waals surface area contributed by atoms with Gasteiger partial charge >= 0.3 is 0 Å². The molecule has 1 amide bonds. The van der Waals surface area contributed by atoms with E-state index in [-0.39, 0.29) is 23.4 Å². The highest BCUT2D eigenvalue weighted by Crippen LogP contribution is 2.01. The van der Waals surface area contributed by atoms with E-state index in [9.17, 15) is 4.79 Å². The molecule has 0 aliphatic carbocycles. The van der Waals surface area contributed by atoms with Gasteiger partial charge in [-0.2, -0.15) is 0 Å². The molecule has 0 radical (unpaired) electrons. The highest BCUT2D eigenvalue weighted by Gasteiger charge is 2.06. The lowest BCUT2D eigenvalue weighted by atomic mass is 10.3. The number of hydrogen-bond acceptors (Lipinski definition) is 4. The Hall–Kier alpha value is -1.20. The Labute approximate surface area is 92.5 Å². The van der Waals surface area contributed by atoms with Crippen LogP contribution in [0.15, 0.2) is 12.1 Å². The monoisotopic (exact) mass is 229 g/mol. The summed E-state index contributed by atoms with van der Waals surface area (Å²) in [5.41, 5.74) is 0.239. The van der Waals surface area contributed by atoms with E-state index in [0.717, 1.165) is 6.42 Å². The average molecular weight is 230 g/mol. The fourth-order valence-electron chi connectivity index (χ4n) is 0.966. The van der Waals surface area contributed by atoms with Gasteiger partial charge in [-0.15, -0.1) is 10.2 Å². The second kappa shape index (κ2) is 6.31. The number of carbonyl (C=O) groups is 1. The molecule has 0 aromatic carbocycles. The highest BCUT2D eigenvalue weighted by atomic mass is 35.5. The molecule has 0 unspecified atom stereocenters. The molecule has 0 saturated carbocycles. The molecule has 2 N–H and O–H groups in total. The van der Waals surface area contributed by atoms with Crippen molar-refractivity contribution in [1.29, 1.82) is 0 Å². The first-order valence-electron chi connectivity index (χ1n) is 4.62. The zero-order valence-corrected chi connectivity index (χ0v) is 8.87. The Kier molecular flexibility index (Phi) is 5.00. The van der Waals surface area contributed by atoms with Crippen LogP contribution in [-0.4, -0.2) is 34.4 Å². The molecule has 1 rings (SSSR count). The normalized spacial score (nSPS) is 10.0. The second-order valence-electron chi connectivity index (χ2n) is 2.93. The number of aliphatic hydroxyl groups excluding tert-OH is 1. The summed E-state index contributed by atoms with van der Waals surface area (Å²) in [7, 11) is 0. The number of carbonyl (C=O) groups excluding carboxylic acids is 1. The van der Waals surface area contributed by atoms with Crippen LogP contribution in [0.25, 0.3) is 0 Å². The van der Waals surface area contributed by atoms with Crippen molar-refractivity contribution in [3.8, 4) is 0 Å². The summed E-state index contributed by atoms with van der Waals surface area (Å²) in [5, 5.41) is 18.6. The quantitative estimate of drug-likeness (QED) is 0.727. The van der Waals surface area contributed by atoms with Gasteiger partial charge in [0.15, 0.2) is 10.8 Å². The maximum absolute atomic E-state index is 11.4. The topological polar surface area (TPSA) is 75.1 Å². The van der Waals surface area contributed by atoms with E-state index in [2.05, 4.69) is 15.5 Å². The molecule has 0 aliphatic heterocycles. The van der Waals surface area contributed by atoms with Crippen molar-refractivity contribution in [1.82, 2.24) is 15.5 Å². The van der Waals surface area contributed by atoms with Gasteiger partial charge in [-0.05, 0) is 25.0 Å². The lowest BCUT2D eigenvalue weighted by molar-refractivity contribution is 0.0946. The Balaban J connectivity index is 2.37. The molecule has 1 heterocycles. The van der Waals surface area contributed by atoms with Crippen molar-refractivity contribution in [2.75, 3.05) is 13.2 Å². The first-order valence-corrected chi connectivity index (χ1v) is 5.00. The lowest BCUT2D eigenvalue weighted by Gasteiger charge is -2.02. The number of halogens is 1. The minimum Gasteiger partial charge on any atom is -0.396 e. The van der Waals surface area contributed by atoms with Crippen molar-refractivity contribution in [2.45, 2.75) is 12.8 Å². The molecule has 15 heavy (non-hydrogen) atoms. The zero-order valence-electron chi connectivity index (χ0n) is 8.11. The Morgan fingerprint density at radius 2 is 2.20 bits per heavy atom. The third-order valence-corrected chi connectivity index (χ3v) is 1.94. The molecular formula is C9H12ClN3O2. The van der Waals surface area contributed by atoms with E-state index in [0.29, 0.717) is 13.0 Å². The molecule has 0 spiro atoms. The molecule has 0 saturated heterocycles. The fraction of sp³-hybridized carbons (Fsp3) is 0.444. The summed E-state index contributed by atoms with van der Waals surface area (Å²) in [5.74, 6) is -0.280. The number of nitrogens with zero attached hydrogens (tertiary/aromatic N) is 2. The number of amides is 1. The van der Waals surface area contributed by atoms with Gasteiger partial charge in [-0.1, -0.05) is 11.6 Å². The highest BCUT2D eigenvalue weighted by molar-refractivity contribution is 6.29. The van der Waals surface area contributed by atoms with Crippen molar-refractivity contribution in [3.63, 3.8) is 0 Å². The molecule has 82 valence electrons. The van der Waals surface area contributed by atoms with Gasteiger partial charge < -0.3 is 10.4 Å². The van der Waals surface area contributed by atoms with E-state index < -0.39 is 0 Å². The van der Waals surface area contributed by atoms with Crippen molar-refractivity contribution in [3.05, 3.63) is 23.0 Å². The number of aliphatic hydroxyl groups is 1. The fourth-order valence-corrected chi connectivity index (χ4v) is 1.07. The molecular weight excluding hydrogens is 218 g/mol. The van der Waals surface area contributed by atoms with Crippen molar-refractivity contribution >= 4 is 17.5 Å². The Morgan fingerprint density at radius 1 is 1.40 bits per heavy atom. The predicted molar refractivity (Wildman–Crippen MR) is 55.7 cm³/mol. The van der Waals surface area contributed by atoms with Crippen LogP contribution in [0.5, 0.6) is 0 Å². The van der Waals surface area contributed by atoms with E-state index in [1.807, 2.05) is 0 Å². The van der Waals surface area contributed by atoms with E-state index >= 15 is 0 Å². The number of rotatable bonds is 5. The molecule has 0 fully saturated rings. The zero-order chi connectivity index (χ0) is 11.1. The van der Waals surface area contributed by atoms with E-state index in [1.165, 1.54) is 12.1 Å². The number of nitrogens with one attached hydrogen (secondary N) is 1. The summed E-state index contributed by atoms with van der Waals surface area (Å²) < 4.78 is 0. The standard InChI is InChI=1S/C9H12ClN3O2/c10-8-4-3-7(12-13-8)9(15)11-5-1-2-6-14/h3-4,14H,1-2,5-6H2,(H,11,15). The van der Waals surface area contributed by atoms with Gasteiger partial charge in [0.2, 0.25) is 0 Å². The van der Waals surface area contributed by atoms with Crippen LogP contribution in [0.3, 0.4) is 0 Å². The van der Waals surface area contributed by atoms with Gasteiger partial charge in [-0.25, -0.2) is 0 Å². The summed E-state index contributed by atoms with van der Waals surface area (Å²) in [6, 6.07) is 3.02. The molecule has 6 heteroatoms. The predicted octanol–water partition coefficient (Wildman–Crippen LogP) is 0.632. The van der Waals surface area contributed by atoms with Crippen LogP contribution in [-0.2, 0) is 0 Å². The summed E-state index contributed by atoms with van der Waals surface area (Å²) in [6.45, 7) is 0.653. The van der Waals surface area contributed by atoms with Gasteiger partial charge in [0.1, 0.15) is 0 Å². The minimum atomic E-state index is -0.280. The van der Waals surface area contributed by atoms with E-state index in [4.69, 9.17) is 16.7 Å². The molecule has 0 aliphatic rings. The maximum atomic E-state index is 11.4. The van der Waals surface area contributed by atoms with Crippen molar-refractivity contribution < 1.29 is 9.90 Å². The smallest absolute Gasteiger partial charge is 0.271 e. The largest absolute Gasteiger partial charge is 0.396 e. The third-order valence-electron chi connectivity index (χ3n) is 1.74. The average Bonchev–Trinajstić information content (AvgIpc) is 2.25. The van der Waals surface area contributed by atoms with Gasteiger partial charge in [0.05, 0.1) is 0 Å². The van der Waals surface area contributed by atoms with Crippen LogP contribution >= 0.6 is 11.6 Å². The molecule has 5 nitrogen and oxygen atoms in total. The molecule has 0 bridgehead atoms. The van der Waals surface area contributed by atoms with Crippen LogP contribution < -0.4 is 5.32 Å². The summed E-state index contributed by atoms with van der Waals surface area (Å²) in [4.78, 5) is 11.4. The molecule has 0 atom stereocenters. The first kappa shape index (κ1) is 11.9. The van der Waals surface area contributed by atoms with Crippen molar-refractivity contribution in [2.24, 2.45) is 0 Å². The summed E-state index contributed by atoms with van der Waals surface area (Å²) in [6.07, 6.45) is 1.41. The van der Waals surface area contributed by atoms with E-state index in [1.54, 1.807) is 0 Å². The van der Waals surface area contributed by atoms with Crippen LogP contribution in [0.4, 0.5) is 0 Å². The third kappa shape index (κ3) is 4.22. The number of hydrogen-bond donors (Lipinski definition) is 2. The SMILES string of the molecule is O=C(NCCCCO)c1ccc(Cl)nn1. The number of unbranched alkanes of at least 4 members (excludes halogenated alkanes) is 1. The van der Waals surface area contributed by atoms with Crippen LogP contribution in [0.2, 0.25) is 5.15 Å². The van der Waals surface area contributed by atoms with Gasteiger partial charge in [-0.3, -0.25) is 4.79 Å². The Bertz CT molecular complexity index is 316.